The Morgan fingerprint density at radius 3 is 2.57 bits per heavy atom. The van der Waals surface area contributed by atoms with Crippen molar-refractivity contribution in [2.75, 3.05) is 6.54 Å². The van der Waals surface area contributed by atoms with Crippen LogP contribution in [0.25, 0.3) is 0 Å². The van der Waals surface area contributed by atoms with Crippen molar-refractivity contribution >= 4 is 11.9 Å². The number of carbonyl (C=O) groups excluding carboxylic acids is 1. The molecule has 0 aliphatic carbocycles. The number of phenols is 1. The van der Waals surface area contributed by atoms with Gasteiger partial charge in [0.1, 0.15) is 5.75 Å². The van der Waals surface area contributed by atoms with Crippen molar-refractivity contribution in [3.63, 3.8) is 0 Å². The highest BCUT2D eigenvalue weighted by atomic mass is 16.4. The maximum atomic E-state index is 12.4. The normalized spacial score (nSPS) is 18.5. The minimum absolute atomic E-state index is 0.0378. The zero-order valence-corrected chi connectivity index (χ0v) is 12.0. The van der Waals surface area contributed by atoms with Crippen molar-refractivity contribution in [1.29, 1.82) is 0 Å². The van der Waals surface area contributed by atoms with Gasteiger partial charge in [0, 0.05) is 19.0 Å². The highest BCUT2D eigenvalue weighted by Gasteiger charge is 2.26. The fourth-order valence-electron chi connectivity index (χ4n) is 2.81. The number of carbonyl (C=O) groups is 2. The van der Waals surface area contributed by atoms with E-state index in [1.54, 1.807) is 24.3 Å². The number of amides is 1. The minimum atomic E-state index is -0.813. The van der Waals surface area contributed by atoms with E-state index in [1.807, 2.05) is 4.90 Å². The molecule has 2 N–H and O–H groups in total. The van der Waals surface area contributed by atoms with E-state index in [9.17, 15) is 14.7 Å². The molecular formula is C16H21NO4. The maximum absolute atomic E-state index is 12.4. The summed E-state index contributed by atoms with van der Waals surface area (Å²) in [4.78, 5) is 25.0. The van der Waals surface area contributed by atoms with Crippen LogP contribution in [0.4, 0.5) is 0 Å². The lowest BCUT2D eigenvalue weighted by atomic mass is 9.97. The average molecular weight is 291 g/mol. The van der Waals surface area contributed by atoms with Gasteiger partial charge in [0.05, 0.1) is 6.42 Å². The van der Waals surface area contributed by atoms with Gasteiger partial charge in [0.25, 0.3) is 0 Å². The number of benzene rings is 1. The minimum Gasteiger partial charge on any atom is -0.508 e. The second-order valence-corrected chi connectivity index (χ2v) is 5.51. The fourth-order valence-corrected chi connectivity index (χ4v) is 2.81. The first kappa shape index (κ1) is 15.4. The second-order valence-electron chi connectivity index (χ2n) is 5.51. The predicted octanol–water partition coefficient (Wildman–Crippen LogP) is 2.18. The summed E-state index contributed by atoms with van der Waals surface area (Å²) in [7, 11) is 0. The SMILES string of the molecule is O=C(O)CCC1CCCCN1C(=O)Cc1ccc(O)cc1. The molecule has 1 heterocycles. The van der Waals surface area contributed by atoms with E-state index < -0.39 is 5.97 Å². The standard InChI is InChI=1S/C16H21NO4/c18-14-7-4-12(5-8-14)11-15(19)17-10-2-1-3-13(17)6-9-16(20)21/h4-5,7-8,13,18H,1-3,6,9-11H2,(H,20,21). The molecule has 0 saturated carbocycles. The van der Waals surface area contributed by atoms with Crippen molar-refractivity contribution in [1.82, 2.24) is 4.90 Å². The van der Waals surface area contributed by atoms with Gasteiger partial charge < -0.3 is 15.1 Å². The van der Waals surface area contributed by atoms with Crippen molar-refractivity contribution in [3.05, 3.63) is 29.8 Å². The second kappa shape index (κ2) is 7.11. The summed E-state index contributed by atoms with van der Waals surface area (Å²) in [5.41, 5.74) is 0.861. The number of hydrogen-bond acceptors (Lipinski definition) is 3. The molecule has 0 aromatic heterocycles. The molecule has 0 radical (unpaired) electrons. The third-order valence-corrected chi connectivity index (χ3v) is 3.93. The molecular weight excluding hydrogens is 270 g/mol. The molecule has 0 bridgehead atoms. The molecule has 1 atom stereocenters. The summed E-state index contributed by atoms with van der Waals surface area (Å²) in [6, 6.07) is 6.66. The van der Waals surface area contributed by atoms with E-state index in [4.69, 9.17) is 5.11 Å². The van der Waals surface area contributed by atoms with Gasteiger partial charge in [-0.1, -0.05) is 12.1 Å². The molecule has 21 heavy (non-hydrogen) atoms. The van der Waals surface area contributed by atoms with Crippen LogP contribution >= 0.6 is 0 Å². The zero-order chi connectivity index (χ0) is 15.2. The zero-order valence-electron chi connectivity index (χ0n) is 12.0. The van der Waals surface area contributed by atoms with Crippen LogP contribution in [-0.2, 0) is 16.0 Å². The molecule has 114 valence electrons. The first-order valence-corrected chi connectivity index (χ1v) is 7.35. The number of hydrogen-bond donors (Lipinski definition) is 2. The van der Waals surface area contributed by atoms with E-state index in [-0.39, 0.29) is 24.1 Å². The Bertz CT molecular complexity index is 498. The lowest BCUT2D eigenvalue weighted by Gasteiger charge is -2.35. The van der Waals surface area contributed by atoms with Crippen LogP contribution in [0.15, 0.2) is 24.3 Å². The van der Waals surface area contributed by atoms with E-state index in [0.29, 0.717) is 19.4 Å². The van der Waals surface area contributed by atoms with Gasteiger partial charge >= 0.3 is 5.97 Å². The average Bonchev–Trinajstić information content (AvgIpc) is 2.47. The Hall–Kier alpha value is -2.04. The fraction of sp³-hybridized carbons (Fsp3) is 0.500. The molecule has 0 spiro atoms. The topological polar surface area (TPSA) is 77.8 Å². The Kier molecular flexibility index (Phi) is 5.20. The van der Waals surface area contributed by atoms with Crippen molar-refractivity contribution in [2.24, 2.45) is 0 Å². The number of aromatic hydroxyl groups is 1. The van der Waals surface area contributed by atoms with Crippen LogP contribution in [0, 0.1) is 0 Å². The van der Waals surface area contributed by atoms with Gasteiger partial charge in [-0.3, -0.25) is 9.59 Å². The molecule has 1 fully saturated rings. The molecule has 1 aliphatic heterocycles. The first-order chi connectivity index (χ1) is 10.1. The van der Waals surface area contributed by atoms with E-state index >= 15 is 0 Å². The Morgan fingerprint density at radius 1 is 1.19 bits per heavy atom. The molecule has 1 saturated heterocycles. The Balaban J connectivity index is 1.97. The monoisotopic (exact) mass is 291 g/mol. The summed E-state index contributed by atoms with van der Waals surface area (Å²) in [5, 5.41) is 18.1. The lowest BCUT2D eigenvalue weighted by Crippen LogP contribution is -2.44. The van der Waals surface area contributed by atoms with E-state index in [0.717, 1.165) is 24.8 Å². The molecule has 1 amide bonds. The molecule has 5 heteroatoms. The van der Waals surface area contributed by atoms with Gasteiger partial charge in [-0.25, -0.2) is 0 Å². The number of carboxylic acids is 1. The smallest absolute Gasteiger partial charge is 0.303 e. The molecule has 5 nitrogen and oxygen atoms in total. The first-order valence-electron chi connectivity index (χ1n) is 7.35. The van der Waals surface area contributed by atoms with Crippen molar-refractivity contribution < 1.29 is 19.8 Å². The highest BCUT2D eigenvalue weighted by Crippen LogP contribution is 2.22. The third kappa shape index (κ3) is 4.48. The summed E-state index contributed by atoms with van der Waals surface area (Å²) < 4.78 is 0. The number of likely N-dealkylation sites (tertiary alicyclic amines) is 1. The van der Waals surface area contributed by atoms with Gasteiger partial charge in [0.15, 0.2) is 0 Å². The lowest BCUT2D eigenvalue weighted by molar-refractivity contribution is -0.139. The van der Waals surface area contributed by atoms with Gasteiger partial charge in [-0.05, 0) is 43.4 Å². The van der Waals surface area contributed by atoms with Crippen molar-refractivity contribution in [3.8, 4) is 5.75 Å². The molecule has 1 aromatic rings. The molecule has 2 rings (SSSR count). The van der Waals surface area contributed by atoms with Crippen LogP contribution in [0.1, 0.15) is 37.7 Å². The van der Waals surface area contributed by atoms with Gasteiger partial charge in [-0.15, -0.1) is 0 Å². The van der Waals surface area contributed by atoms with Crippen LogP contribution < -0.4 is 0 Å². The Morgan fingerprint density at radius 2 is 1.90 bits per heavy atom. The quantitative estimate of drug-likeness (QED) is 0.871. The van der Waals surface area contributed by atoms with Gasteiger partial charge in [-0.2, -0.15) is 0 Å². The summed E-state index contributed by atoms with van der Waals surface area (Å²) in [6.45, 7) is 0.710. The summed E-state index contributed by atoms with van der Waals surface area (Å²) in [6.07, 6.45) is 3.83. The maximum Gasteiger partial charge on any atom is 0.303 e. The number of aliphatic carboxylic acids is 1. The summed E-state index contributed by atoms with van der Waals surface area (Å²) in [5.74, 6) is -0.592. The largest absolute Gasteiger partial charge is 0.508 e. The summed E-state index contributed by atoms with van der Waals surface area (Å²) >= 11 is 0. The Labute approximate surface area is 124 Å². The number of carboxylic acid groups (broad SMARTS) is 1. The number of rotatable bonds is 5. The van der Waals surface area contributed by atoms with Crippen LogP contribution in [0.2, 0.25) is 0 Å². The van der Waals surface area contributed by atoms with Crippen LogP contribution in [-0.4, -0.2) is 39.6 Å². The molecule has 1 unspecified atom stereocenters. The predicted molar refractivity (Wildman–Crippen MR) is 78.0 cm³/mol. The van der Waals surface area contributed by atoms with E-state index in [1.165, 1.54) is 0 Å². The number of nitrogens with zero attached hydrogens (tertiary/aromatic N) is 1. The van der Waals surface area contributed by atoms with Crippen LogP contribution in [0.5, 0.6) is 5.75 Å². The number of phenolic OH excluding ortho intramolecular Hbond substituents is 1. The van der Waals surface area contributed by atoms with Crippen molar-refractivity contribution in [2.45, 2.75) is 44.6 Å². The van der Waals surface area contributed by atoms with Crippen LogP contribution in [0.3, 0.4) is 0 Å². The molecule has 1 aromatic carbocycles. The van der Waals surface area contributed by atoms with Gasteiger partial charge in [0.2, 0.25) is 5.91 Å². The number of piperidine rings is 1. The molecule has 1 aliphatic rings. The highest BCUT2D eigenvalue weighted by molar-refractivity contribution is 5.79. The third-order valence-electron chi connectivity index (χ3n) is 3.93. The van der Waals surface area contributed by atoms with E-state index in [2.05, 4.69) is 0 Å².